The maximum atomic E-state index is 12.2. The van der Waals surface area contributed by atoms with Gasteiger partial charge in [0.25, 0.3) is 5.56 Å². The quantitative estimate of drug-likeness (QED) is 0.601. The van der Waals surface area contributed by atoms with Crippen LogP contribution in [0.2, 0.25) is 0 Å². The van der Waals surface area contributed by atoms with E-state index in [-0.39, 0.29) is 5.56 Å². The Morgan fingerprint density at radius 2 is 1.87 bits per heavy atom. The zero-order chi connectivity index (χ0) is 15.8. The average molecular weight is 320 g/mol. The van der Waals surface area contributed by atoms with Crippen molar-refractivity contribution in [2.45, 2.75) is 6.42 Å². The normalized spacial score (nSPS) is 11.3. The molecule has 114 valence electrons. The first-order chi connectivity index (χ1) is 11.3. The molecule has 3 nitrogen and oxygen atoms in total. The number of benzene rings is 2. The molecule has 0 amide bonds. The summed E-state index contributed by atoms with van der Waals surface area (Å²) in [4.78, 5) is 15.2. The van der Waals surface area contributed by atoms with E-state index >= 15 is 0 Å². The number of hydrogen-bond acceptors (Lipinski definition) is 3. The molecule has 0 saturated carbocycles. The van der Waals surface area contributed by atoms with Gasteiger partial charge in [-0.3, -0.25) is 4.79 Å². The lowest BCUT2D eigenvalue weighted by Gasteiger charge is -2.09. The first-order valence-corrected chi connectivity index (χ1v) is 8.47. The fourth-order valence-corrected chi connectivity index (χ4v) is 3.86. The number of nitrogens with two attached hydrogens (primary N) is 1. The van der Waals surface area contributed by atoms with Crippen LogP contribution in [0.1, 0.15) is 5.56 Å². The predicted octanol–water partition coefficient (Wildman–Crippen LogP) is 3.91. The lowest BCUT2D eigenvalue weighted by Crippen LogP contribution is -2.04. The van der Waals surface area contributed by atoms with E-state index in [1.54, 1.807) is 0 Å². The molecule has 0 aliphatic heterocycles. The number of H-pyrrole nitrogens is 1. The van der Waals surface area contributed by atoms with E-state index in [1.807, 2.05) is 23.6 Å². The molecule has 0 saturated heterocycles. The number of nitrogens with one attached hydrogen (secondary N) is 1. The van der Waals surface area contributed by atoms with Gasteiger partial charge in [-0.1, -0.05) is 36.4 Å². The van der Waals surface area contributed by atoms with E-state index in [0.717, 1.165) is 38.5 Å². The van der Waals surface area contributed by atoms with Gasteiger partial charge in [0.15, 0.2) is 0 Å². The number of thiophene rings is 1. The third-order valence-electron chi connectivity index (χ3n) is 4.15. The molecule has 2 heterocycles. The van der Waals surface area contributed by atoms with Gasteiger partial charge in [-0.2, -0.15) is 0 Å². The summed E-state index contributed by atoms with van der Waals surface area (Å²) in [5, 5.41) is 4.10. The Hall–Kier alpha value is -2.43. The van der Waals surface area contributed by atoms with Gasteiger partial charge in [-0.15, -0.1) is 11.3 Å². The molecule has 0 spiro atoms. The Labute approximate surface area is 137 Å². The van der Waals surface area contributed by atoms with Crippen LogP contribution in [0.5, 0.6) is 0 Å². The van der Waals surface area contributed by atoms with E-state index in [4.69, 9.17) is 5.73 Å². The van der Waals surface area contributed by atoms with Gasteiger partial charge in [-0.05, 0) is 47.2 Å². The molecule has 4 rings (SSSR count). The molecule has 0 unspecified atom stereocenters. The van der Waals surface area contributed by atoms with E-state index < -0.39 is 0 Å². The van der Waals surface area contributed by atoms with Crippen molar-refractivity contribution in [2.24, 2.45) is 5.73 Å². The number of pyridine rings is 1. The molecule has 2 aromatic heterocycles. The number of aromatic nitrogens is 1. The zero-order valence-electron chi connectivity index (χ0n) is 12.5. The molecule has 0 aliphatic carbocycles. The minimum atomic E-state index is -0.0158. The van der Waals surface area contributed by atoms with E-state index in [0.29, 0.717) is 6.54 Å². The molecule has 0 atom stereocenters. The van der Waals surface area contributed by atoms with Crippen LogP contribution in [-0.4, -0.2) is 11.5 Å². The third-order valence-corrected chi connectivity index (χ3v) is 5.06. The lowest BCUT2D eigenvalue weighted by molar-refractivity contribution is 0.969. The van der Waals surface area contributed by atoms with Crippen LogP contribution in [0.15, 0.2) is 58.7 Å². The Morgan fingerprint density at radius 3 is 2.65 bits per heavy atom. The van der Waals surface area contributed by atoms with Crippen LogP contribution < -0.4 is 11.3 Å². The van der Waals surface area contributed by atoms with Crippen molar-refractivity contribution in [3.8, 4) is 11.1 Å². The van der Waals surface area contributed by atoms with Crippen molar-refractivity contribution in [1.29, 1.82) is 0 Å². The summed E-state index contributed by atoms with van der Waals surface area (Å²) >= 11 is 1.48. The molecular formula is C19H16N2OS. The highest BCUT2D eigenvalue weighted by Gasteiger charge is 2.11. The second-order valence-corrected chi connectivity index (χ2v) is 6.50. The minimum Gasteiger partial charge on any atom is -0.330 e. The fraction of sp³-hybridized carbons (Fsp3) is 0.105. The van der Waals surface area contributed by atoms with E-state index in [9.17, 15) is 4.79 Å². The largest absolute Gasteiger partial charge is 0.330 e. The van der Waals surface area contributed by atoms with Gasteiger partial charge in [0.05, 0.1) is 0 Å². The van der Waals surface area contributed by atoms with Gasteiger partial charge in [0.1, 0.15) is 4.70 Å². The predicted molar refractivity (Wildman–Crippen MR) is 98.1 cm³/mol. The fourth-order valence-electron chi connectivity index (χ4n) is 3.07. The molecule has 4 heteroatoms. The molecule has 0 bridgehead atoms. The summed E-state index contributed by atoms with van der Waals surface area (Å²) in [6.07, 6.45) is 0.887. The molecule has 23 heavy (non-hydrogen) atoms. The number of fused-ring (bicyclic) bond motifs is 3. The van der Waals surface area contributed by atoms with Crippen molar-refractivity contribution >= 4 is 32.3 Å². The van der Waals surface area contributed by atoms with Crippen LogP contribution in [0, 0.1) is 0 Å². The number of aromatic amines is 1. The van der Waals surface area contributed by atoms with Gasteiger partial charge in [-0.25, -0.2) is 0 Å². The van der Waals surface area contributed by atoms with Crippen LogP contribution in [-0.2, 0) is 6.42 Å². The monoisotopic (exact) mass is 320 g/mol. The molecule has 0 radical (unpaired) electrons. The highest BCUT2D eigenvalue weighted by molar-refractivity contribution is 7.17. The first kappa shape index (κ1) is 14.2. The van der Waals surface area contributed by atoms with Crippen molar-refractivity contribution in [1.82, 2.24) is 4.98 Å². The van der Waals surface area contributed by atoms with Gasteiger partial charge < -0.3 is 10.7 Å². The summed E-state index contributed by atoms with van der Waals surface area (Å²) in [6, 6.07) is 16.6. The van der Waals surface area contributed by atoms with Crippen molar-refractivity contribution in [3.63, 3.8) is 0 Å². The van der Waals surface area contributed by atoms with Crippen molar-refractivity contribution in [3.05, 3.63) is 69.8 Å². The highest BCUT2D eigenvalue weighted by atomic mass is 32.1. The van der Waals surface area contributed by atoms with Crippen molar-refractivity contribution < 1.29 is 0 Å². The summed E-state index contributed by atoms with van der Waals surface area (Å²) < 4.78 is 0.782. The smallest absolute Gasteiger partial charge is 0.266 e. The second kappa shape index (κ2) is 5.65. The van der Waals surface area contributed by atoms with Crippen LogP contribution in [0.25, 0.3) is 32.1 Å². The van der Waals surface area contributed by atoms with Crippen molar-refractivity contribution in [2.75, 3.05) is 6.54 Å². The summed E-state index contributed by atoms with van der Waals surface area (Å²) in [7, 11) is 0. The second-order valence-electron chi connectivity index (χ2n) is 5.58. The molecular weight excluding hydrogens is 304 g/mol. The Kier molecular flexibility index (Phi) is 3.48. The molecule has 0 fully saturated rings. The lowest BCUT2D eigenvalue weighted by atomic mass is 9.97. The molecule has 2 aromatic carbocycles. The SMILES string of the molecule is NCCc1ccc(-c2cccc3[nH]c(=O)c4sccc4c23)cc1. The molecule has 0 aliphatic rings. The van der Waals surface area contributed by atoms with Gasteiger partial charge in [0, 0.05) is 16.3 Å². The summed E-state index contributed by atoms with van der Waals surface area (Å²) in [6.45, 7) is 0.657. The maximum Gasteiger partial charge on any atom is 0.266 e. The minimum absolute atomic E-state index is 0.0158. The topological polar surface area (TPSA) is 58.9 Å². The Balaban J connectivity index is 2.00. The van der Waals surface area contributed by atoms with Crippen LogP contribution >= 0.6 is 11.3 Å². The van der Waals surface area contributed by atoms with Crippen LogP contribution in [0.4, 0.5) is 0 Å². The summed E-state index contributed by atoms with van der Waals surface area (Å²) in [5.41, 5.74) is 10.0. The Morgan fingerprint density at radius 1 is 1.04 bits per heavy atom. The summed E-state index contributed by atoms with van der Waals surface area (Å²) in [5.74, 6) is 0. The number of hydrogen-bond donors (Lipinski definition) is 2. The third kappa shape index (κ3) is 2.36. The standard InChI is InChI=1S/C19H16N2OS/c20-10-8-12-4-6-13(7-5-12)14-2-1-3-16-17(14)15-9-11-23-18(15)19(22)21-16/h1-7,9,11H,8,10,20H2,(H,21,22). The highest BCUT2D eigenvalue weighted by Crippen LogP contribution is 2.33. The zero-order valence-corrected chi connectivity index (χ0v) is 13.3. The first-order valence-electron chi connectivity index (χ1n) is 7.59. The van der Waals surface area contributed by atoms with Gasteiger partial charge in [0.2, 0.25) is 0 Å². The van der Waals surface area contributed by atoms with E-state index in [1.165, 1.54) is 16.9 Å². The molecule has 4 aromatic rings. The van der Waals surface area contributed by atoms with Crippen LogP contribution in [0.3, 0.4) is 0 Å². The average Bonchev–Trinajstić information content (AvgIpc) is 3.06. The maximum absolute atomic E-state index is 12.2. The Bertz CT molecular complexity index is 1040. The number of rotatable bonds is 3. The molecule has 3 N–H and O–H groups in total. The van der Waals surface area contributed by atoms with Gasteiger partial charge >= 0.3 is 0 Å². The van der Waals surface area contributed by atoms with E-state index in [2.05, 4.69) is 35.3 Å².